The number of halogens is 1. The fourth-order valence-corrected chi connectivity index (χ4v) is 1.58. The van der Waals surface area contributed by atoms with Crippen LogP contribution in [0, 0.1) is 6.92 Å². The minimum atomic E-state index is -0.212. The maximum Gasteiger partial charge on any atom is 0.346 e. The second kappa shape index (κ2) is 2.45. The summed E-state index contributed by atoms with van der Waals surface area (Å²) in [6.07, 6.45) is 1.61. The van der Waals surface area contributed by atoms with Gasteiger partial charge in [0, 0.05) is 10.2 Å². The van der Waals surface area contributed by atoms with Crippen LogP contribution in [0.5, 0.6) is 0 Å². The van der Waals surface area contributed by atoms with Crippen LogP contribution in [0.4, 0.5) is 0 Å². The molecule has 2 heterocycles. The zero-order chi connectivity index (χ0) is 8.72. The number of nitrogens with one attached hydrogen (secondary N) is 1. The molecular weight excluding hydrogens is 222 g/mol. The van der Waals surface area contributed by atoms with E-state index in [9.17, 15) is 4.79 Å². The fraction of sp³-hybridized carbons (Fsp3) is 0.143. The summed E-state index contributed by atoms with van der Waals surface area (Å²) in [6, 6.07) is 1.86. The first-order valence-electron chi connectivity index (χ1n) is 3.41. The first-order chi connectivity index (χ1) is 5.70. The highest BCUT2D eigenvalue weighted by Gasteiger charge is 2.05. The van der Waals surface area contributed by atoms with Crippen molar-refractivity contribution in [3.8, 4) is 0 Å². The lowest BCUT2D eigenvalue weighted by atomic mass is 10.5. The van der Waals surface area contributed by atoms with E-state index in [1.54, 1.807) is 10.6 Å². The van der Waals surface area contributed by atoms with Gasteiger partial charge in [-0.25, -0.2) is 9.89 Å². The van der Waals surface area contributed by atoms with Crippen LogP contribution in [-0.4, -0.2) is 14.6 Å². The van der Waals surface area contributed by atoms with E-state index in [2.05, 4.69) is 26.1 Å². The third-order valence-corrected chi connectivity index (χ3v) is 2.58. The first kappa shape index (κ1) is 7.54. The summed E-state index contributed by atoms with van der Waals surface area (Å²) in [7, 11) is 0. The molecule has 0 atom stereocenters. The number of fused-ring (bicyclic) bond motifs is 1. The Balaban J connectivity index is 3.07. The molecule has 0 radical (unpaired) electrons. The molecular formula is C7H6BrN3O. The van der Waals surface area contributed by atoms with Gasteiger partial charge in [0.2, 0.25) is 0 Å². The van der Waals surface area contributed by atoms with Crippen LogP contribution in [0.2, 0.25) is 0 Å². The molecule has 12 heavy (non-hydrogen) atoms. The van der Waals surface area contributed by atoms with Crippen molar-refractivity contribution in [1.82, 2.24) is 14.6 Å². The number of aryl methyl sites for hydroxylation is 1. The number of aromatic amines is 1. The molecule has 0 fully saturated rings. The van der Waals surface area contributed by atoms with Crippen LogP contribution in [0.1, 0.15) is 5.69 Å². The summed E-state index contributed by atoms with van der Waals surface area (Å²) in [5.41, 5.74) is 1.47. The Morgan fingerprint density at radius 1 is 1.67 bits per heavy atom. The second-order valence-corrected chi connectivity index (χ2v) is 3.37. The van der Waals surface area contributed by atoms with Gasteiger partial charge in [0.15, 0.2) is 0 Å². The van der Waals surface area contributed by atoms with E-state index in [4.69, 9.17) is 0 Å². The smallest absolute Gasteiger partial charge is 0.263 e. The number of aromatic nitrogens is 3. The number of rotatable bonds is 0. The predicted octanol–water partition coefficient (Wildman–Crippen LogP) is 1.09. The van der Waals surface area contributed by atoms with E-state index >= 15 is 0 Å². The monoisotopic (exact) mass is 227 g/mol. The van der Waals surface area contributed by atoms with Crippen molar-refractivity contribution >= 4 is 21.4 Å². The van der Waals surface area contributed by atoms with Crippen molar-refractivity contribution in [3.05, 3.63) is 32.9 Å². The third-order valence-electron chi connectivity index (χ3n) is 1.77. The molecule has 2 aromatic heterocycles. The van der Waals surface area contributed by atoms with Gasteiger partial charge in [-0.1, -0.05) is 0 Å². The highest BCUT2D eigenvalue weighted by molar-refractivity contribution is 9.10. The molecule has 2 rings (SSSR count). The van der Waals surface area contributed by atoms with Gasteiger partial charge in [0.05, 0.1) is 11.7 Å². The molecule has 5 heteroatoms. The van der Waals surface area contributed by atoms with E-state index in [0.29, 0.717) is 0 Å². The molecule has 0 amide bonds. The Hall–Kier alpha value is -1.10. The molecule has 1 N–H and O–H groups in total. The molecule has 0 aliphatic rings. The van der Waals surface area contributed by atoms with Crippen LogP contribution in [0.3, 0.4) is 0 Å². The summed E-state index contributed by atoms with van der Waals surface area (Å²) in [4.78, 5) is 11.2. The Bertz CT molecular complexity index is 485. The van der Waals surface area contributed by atoms with E-state index < -0.39 is 0 Å². The average molecular weight is 228 g/mol. The van der Waals surface area contributed by atoms with E-state index in [1.165, 1.54) is 0 Å². The summed E-state index contributed by atoms with van der Waals surface area (Å²) in [6.45, 7) is 1.87. The van der Waals surface area contributed by atoms with Crippen LogP contribution in [0.15, 0.2) is 21.5 Å². The number of nitrogens with zero attached hydrogens (tertiary/aromatic N) is 2. The van der Waals surface area contributed by atoms with Gasteiger partial charge in [-0.2, -0.15) is 5.10 Å². The lowest BCUT2D eigenvalue weighted by Crippen LogP contribution is -2.17. The van der Waals surface area contributed by atoms with E-state index in [-0.39, 0.29) is 5.69 Å². The van der Waals surface area contributed by atoms with Crippen molar-refractivity contribution in [2.45, 2.75) is 6.92 Å². The predicted molar refractivity (Wildman–Crippen MR) is 48.2 cm³/mol. The minimum absolute atomic E-state index is 0.212. The van der Waals surface area contributed by atoms with Crippen LogP contribution < -0.4 is 5.69 Å². The summed E-state index contributed by atoms with van der Waals surface area (Å²) in [5.74, 6) is 0. The van der Waals surface area contributed by atoms with Gasteiger partial charge in [0.1, 0.15) is 0 Å². The van der Waals surface area contributed by atoms with Gasteiger partial charge in [-0.05, 0) is 28.9 Å². The van der Waals surface area contributed by atoms with Crippen LogP contribution in [0.25, 0.3) is 5.52 Å². The van der Waals surface area contributed by atoms with Gasteiger partial charge in [0.25, 0.3) is 0 Å². The van der Waals surface area contributed by atoms with Crippen molar-refractivity contribution in [1.29, 1.82) is 0 Å². The first-order valence-corrected chi connectivity index (χ1v) is 4.20. The molecule has 4 nitrogen and oxygen atoms in total. The molecule has 0 bridgehead atoms. The standard InChI is InChI=1S/C7H6BrN3O/c1-4-6(8)2-5-3-9-10-7(12)11(4)5/h2-3H,1H3,(H,10,12). The Kier molecular flexibility index (Phi) is 1.54. The molecule has 0 aromatic carbocycles. The number of hydrogen-bond acceptors (Lipinski definition) is 2. The third kappa shape index (κ3) is 0.896. The fourth-order valence-electron chi connectivity index (χ4n) is 1.17. The molecule has 0 aliphatic heterocycles. The van der Waals surface area contributed by atoms with Crippen molar-refractivity contribution in [2.24, 2.45) is 0 Å². The quantitative estimate of drug-likeness (QED) is 0.733. The van der Waals surface area contributed by atoms with Gasteiger partial charge < -0.3 is 0 Å². The average Bonchev–Trinajstić information content (AvgIpc) is 2.29. The summed E-state index contributed by atoms with van der Waals surface area (Å²) in [5, 5.41) is 6.05. The van der Waals surface area contributed by atoms with Gasteiger partial charge >= 0.3 is 5.69 Å². The Labute approximate surface area is 76.4 Å². The normalized spacial score (nSPS) is 10.8. The Morgan fingerprint density at radius 3 is 3.08 bits per heavy atom. The largest absolute Gasteiger partial charge is 0.346 e. The maximum absolute atomic E-state index is 11.2. The molecule has 2 aromatic rings. The zero-order valence-electron chi connectivity index (χ0n) is 6.34. The molecule has 0 aliphatic carbocycles. The zero-order valence-corrected chi connectivity index (χ0v) is 7.92. The number of hydrogen-bond donors (Lipinski definition) is 1. The molecule has 0 saturated carbocycles. The molecule has 0 saturated heterocycles. The molecule has 0 unspecified atom stereocenters. The van der Waals surface area contributed by atoms with Crippen molar-refractivity contribution in [2.75, 3.05) is 0 Å². The lowest BCUT2D eigenvalue weighted by Gasteiger charge is -1.93. The SMILES string of the molecule is Cc1c(Br)cc2cn[nH]c(=O)n12. The lowest BCUT2D eigenvalue weighted by molar-refractivity contribution is 0.871. The second-order valence-electron chi connectivity index (χ2n) is 2.51. The van der Waals surface area contributed by atoms with E-state index in [0.717, 1.165) is 15.7 Å². The van der Waals surface area contributed by atoms with E-state index in [1.807, 2.05) is 13.0 Å². The Morgan fingerprint density at radius 2 is 2.42 bits per heavy atom. The van der Waals surface area contributed by atoms with Crippen molar-refractivity contribution < 1.29 is 0 Å². The van der Waals surface area contributed by atoms with Crippen molar-refractivity contribution in [3.63, 3.8) is 0 Å². The maximum atomic E-state index is 11.2. The number of H-pyrrole nitrogens is 1. The van der Waals surface area contributed by atoms with Crippen LogP contribution >= 0.6 is 15.9 Å². The summed E-state index contributed by atoms with van der Waals surface area (Å²) >= 11 is 3.34. The van der Waals surface area contributed by atoms with Gasteiger partial charge in [-0.3, -0.25) is 4.40 Å². The summed E-state index contributed by atoms with van der Waals surface area (Å²) < 4.78 is 2.48. The topological polar surface area (TPSA) is 50.2 Å². The molecule has 0 spiro atoms. The minimum Gasteiger partial charge on any atom is -0.263 e. The molecule has 62 valence electrons. The van der Waals surface area contributed by atoms with Gasteiger partial charge in [-0.15, -0.1) is 0 Å². The highest BCUT2D eigenvalue weighted by Crippen LogP contribution is 2.18. The highest BCUT2D eigenvalue weighted by atomic mass is 79.9. The van der Waals surface area contributed by atoms with Crippen LogP contribution in [-0.2, 0) is 0 Å².